The van der Waals surface area contributed by atoms with Gasteiger partial charge < -0.3 is 15.5 Å². The topological polar surface area (TPSA) is 44.4 Å². The Morgan fingerprint density at radius 3 is 2.75 bits per heavy atom. The maximum atomic E-state index is 12.5. The Hall–Kier alpha value is -0.610. The predicted octanol–water partition coefficient (Wildman–Crippen LogP) is 1.61. The van der Waals surface area contributed by atoms with Crippen LogP contribution in [0, 0.1) is 11.3 Å². The first-order valence-corrected chi connectivity index (χ1v) is 8.38. The summed E-state index contributed by atoms with van der Waals surface area (Å²) in [5, 5.41) is 6.57. The molecule has 2 rings (SSSR count). The Morgan fingerprint density at radius 2 is 2.15 bits per heavy atom. The summed E-state index contributed by atoms with van der Waals surface area (Å²) in [4.78, 5) is 15.1. The molecule has 0 aliphatic carbocycles. The van der Waals surface area contributed by atoms with E-state index in [0.717, 1.165) is 45.4 Å². The fourth-order valence-corrected chi connectivity index (χ4v) is 3.67. The van der Waals surface area contributed by atoms with Gasteiger partial charge in [0, 0.05) is 19.6 Å². The maximum absolute atomic E-state index is 12.5. The predicted molar refractivity (Wildman–Crippen MR) is 82.7 cm³/mol. The van der Waals surface area contributed by atoms with Crippen LogP contribution in [0.1, 0.15) is 46.0 Å². The molecule has 2 atom stereocenters. The molecule has 0 aromatic carbocycles. The minimum absolute atomic E-state index is 0.137. The number of nitrogens with one attached hydrogen (secondary N) is 2. The first kappa shape index (κ1) is 15.8. The third-order valence-electron chi connectivity index (χ3n) is 4.83. The van der Waals surface area contributed by atoms with Gasteiger partial charge in [-0.25, -0.2) is 0 Å². The molecule has 0 spiro atoms. The number of likely N-dealkylation sites (tertiary alicyclic amines) is 1. The number of rotatable bonds is 7. The van der Waals surface area contributed by atoms with Crippen LogP contribution >= 0.6 is 0 Å². The normalized spacial score (nSPS) is 28.7. The molecule has 2 fully saturated rings. The molecule has 2 saturated heterocycles. The van der Waals surface area contributed by atoms with Gasteiger partial charge in [0.05, 0.1) is 5.41 Å². The largest absolute Gasteiger partial charge is 0.355 e. The lowest BCUT2D eigenvalue weighted by atomic mass is 9.81. The number of nitrogens with zero attached hydrogens (tertiary/aromatic N) is 1. The Morgan fingerprint density at radius 1 is 1.40 bits per heavy atom. The van der Waals surface area contributed by atoms with E-state index in [-0.39, 0.29) is 11.3 Å². The van der Waals surface area contributed by atoms with Crippen LogP contribution in [0.2, 0.25) is 0 Å². The average molecular weight is 281 g/mol. The Bertz CT molecular complexity index is 307. The molecule has 2 N–H and O–H groups in total. The number of hydrogen-bond donors (Lipinski definition) is 2. The summed E-state index contributed by atoms with van der Waals surface area (Å²) in [6, 6.07) is 0. The van der Waals surface area contributed by atoms with Crippen molar-refractivity contribution < 1.29 is 4.79 Å². The van der Waals surface area contributed by atoms with Crippen molar-refractivity contribution in [3.05, 3.63) is 0 Å². The minimum atomic E-state index is -0.137. The fourth-order valence-electron chi connectivity index (χ4n) is 3.67. The highest BCUT2D eigenvalue weighted by Gasteiger charge is 2.40. The lowest BCUT2D eigenvalue weighted by molar-refractivity contribution is -0.130. The van der Waals surface area contributed by atoms with Gasteiger partial charge in [-0.1, -0.05) is 20.3 Å². The van der Waals surface area contributed by atoms with Crippen molar-refractivity contribution in [3.8, 4) is 0 Å². The molecule has 2 heterocycles. The van der Waals surface area contributed by atoms with E-state index >= 15 is 0 Å². The zero-order chi connectivity index (χ0) is 14.4. The van der Waals surface area contributed by atoms with Crippen LogP contribution < -0.4 is 10.6 Å². The summed E-state index contributed by atoms with van der Waals surface area (Å²) in [7, 11) is 0. The molecule has 2 aliphatic heterocycles. The van der Waals surface area contributed by atoms with E-state index in [9.17, 15) is 4.79 Å². The van der Waals surface area contributed by atoms with Crippen LogP contribution in [0.3, 0.4) is 0 Å². The summed E-state index contributed by atoms with van der Waals surface area (Å²) in [6.07, 6.45) is 5.76. The molecule has 4 nitrogen and oxygen atoms in total. The van der Waals surface area contributed by atoms with Crippen LogP contribution in [-0.2, 0) is 4.79 Å². The molecular formula is C16H31N3O. The van der Waals surface area contributed by atoms with Crippen LogP contribution in [-0.4, -0.2) is 50.1 Å². The van der Waals surface area contributed by atoms with E-state index in [1.54, 1.807) is 0 Å². The van der Waals surface area contributed by atoms with Gasteiger partial charge in [0.25, 0.3) is 0 Å². The summed E-state index contributed by atoms with van der Waals surface area (Å²) in [5.74, 6) is 0.822. The Balaban J connectivity index is 1.75. The zero-order valence-electron chi connectivity index (χ0n) is 13.2. The smallest absolute Gasteiger partial charge is 0.227 e. The maximum Gasteiger partial charge on any atom is 0.227 e. The molecule has 0 saturated carbocycles. The molecule has 2 unspecified atom stereocenters. The number of carbonyl (C=O) groups is 1. The van der Waals surface area contributed by atoms with Crippen molar-refractivity contribution in [2.45, 2.75) is 46.0 Å². The molecule has 20 heavy (non-hydrogen) atoms. The van der Waals surface area contributed by atoms with Gasteiger partial charge in [0.15, 0.2) is 0 Å². The van der Waals surface area contributed by atoms with E-state index in [0.29, 0.717) is 5.92 Å². The standard InChI is InChI=1S/C16H31N3O/c1-3-6-16(7-8-17-13-16)15(20)18-11-14(2)12-19-9-4-5-10-19/h14,17H,3-13H2,1-2H3,(H,18,20). The third-order valence-corrected chi connectivity index (χ3v) is 4.83. The van der Waals surface area contributed by atoms with Crippen LogP contribution in [0.4, 0.5) is 0 Å². The van der Waals surface area contributed by atoms with Crippen molar-refractivity contribution >= 4 is 5.91 Å². The summed E-state index contributed by atoms with van der Waals surface area (Å²) in [6.45, 7) is 10.7. The first-order valence-electron chi connectivity index (χ1n) is 8.38. The van der Waals surface area contributed by atoms with Crippen molar-refractivity contribution in [3.63, 3.8) is 0 Å². The van der Waals surface area contributed by atoms with Gasteiger partial charge in [-0.2, -0.15) is 0 Å². The van der Waals surface area contributed by atoms with Crippen LogP contribution in [0.25, 0.3) is 0 Å². The van der Waals surface area contributed by atoms with Crippen molar-refractivity contribution in [1.82, 2.24) is 15.5 Å². The second-order valence-corrected chi connectivity index (χ2v) is 6.78. The number of hydrogen-bond acceptors (Lipinski definition) is 3. The van der Waals surface area contributed by atoms with E-state index in [1.807, 2.05) is 0 Å². The van der Waals surface area contributed by atoms with Crippen molar-refractivity contribution in [1.29, 1.82) is 0 Å². The van der Waals surface area contributed by atoms with Gasteiger partial charge in [-0.3, -0.25) is 4.79 Å². The van der Waals surface area contributed by atoms with Gasteiger partial charge in [-0.15, -0.1) is 0 Å². The van der Waals surface area contributed by atoms with E-state index in [4.69, 9.17) is 0 Å². The zero-order valence-corrected chi connectivity index (χ0v) is 13.2. The molecule has 0 aromatic rings. The van der Waals surface area contributed by atoms with Gasteiger partial charge >= 0.3 is 0 Å². The SMILES string of the molecule is CCCC1(C(=O)NCC(C)CN2CCCC2)CCNC1. The van der Waals surface area contributed by atoms with Gasteiger partial charge in [0.2, 0.25) is 5.91 Å². The third kappa shape index (κ3) is 3.95. The molecule has 0 radical (unpaired) electrons. The van der Waals surface area contributed by atoms with E-state index < -0.39 is 0 Å². The molecule has 0 aromatic heterocycles. The Kier molecular flexibility index (Phi) is 5.85. The highest BCUT2D eigenvalue weighted by molar-refractivity contribution is 5.83. The monoisotopic (exact) mass is 281 g/mol. The number of amides is 1. The first-order chi connectivity index (χ1) is 9.66. The molecule has 0 bridgehead atoms. The second kappa shape index (κ2) is 7.41. The van der Waals surface area contributed by atoms with Crippen LogP contribution in [0.15, 0.2) is 0 Å². The molecule has 116 valence electrons. The molecule has 1 amide bonds. The lowest BCUT2D eigenvalue weighted by Gasteiger charge is -2.28. The highest BCUT2D eigenvalue weighted by atomic mass is 16.2. The number of carbonyl (C=O) groups excluding carboxylic acids is 1. The molecule has 4 heteroatoms. The summed E-state index contributed by atoms with van der Waals surface area (Å²) >= 11 is 0. The summed E-state index contributed by atoms with van der Waals surface area (Å²) in [5.41, 5.74) is -0.137. The van der Waals surface area contributed by atoms with E-state index in [2.05, 4.69) is 29.4 Å². The highest BCUT2D eigenvalue weighted by Crippen LogP contribution is 2.31. The molecular weight excluding hydrogens is 250 g/mol. The summed E-state index contributed by atoms with van der Waals surface area (Å²) < 4.78 is 0. The second-order valence-electron chi connectivity index (χ2n) is 6.78. The van der Waals surface area contributed by atoms with E-state index in [1.165, 1.54) is 25.9 Å². The van der Waals surface area contributed by atoms with Crippen LogP contribution in [0.5, 0.6) is 0 Å². The lowest BCUT2D eigenvalue weighted by Crippen LogP contribution is -2.45. The van der Waals surface area contributed by atoms with Crippen molar-refractivity contribution in [2.24, 2.45) is 11.3 Å². The quantitative estimate of drug-likeness (QED) is 0.745. The Labute approximate surface area is 123 Å². The molecule has 2 aliphatic rings. The average Bonchev–Trinajstić information content (AvgIpc) is 3.08. The fraction of sp³-hybridized carbons (Fsp3) is 0.938. The van der Waals surface area contributed by atoms with Gasteiger partial charge in [-0.05, 0) is 51.2 Å². The van der Waals surface area contributed by atoms with Crippen molar-refractivity contribution in [2.75, 3.05) is 39.3 Å². The minimum Gasteiger partial charge on any atom is -0.355 e. The van der Waals surface area contributed by atoms with Gasteiger partial charge in [0.1, 0.15) is 0 Å².